The first-order valence-electron chi connectivity index (χ1n) is 4.86. The molecule has 14 heavy (non-hydrogen) atoms. The molecule has 0 saturated heterocycles. The van der Waals surface area contributed by atoms with Crippen LogP contribution in [0.4, 0.5) is 0 Å². The van der Waals surface area contributed by atoms with Crippen LogP contribution in [0.25, 0.3) is 5.57 Å². The highest BCUT2D eigenvalue weighted by Crippen LogP contribution is 2.47. The lowest BCUT2D eigenvalue weighted by Crippen LogP contribution is -2.10. The van der Waals surface area contributed by atoms with E-state index in [4.69, 9.17) is 0 Å². The first-order valence-corrected chi connectivity index (χ1v) is 6.47. The van der Waals surface area contributed by atoms with E-state index in [2.05, 4.69) is 43.3 Å². The van der Waals surface area contributed by atoms with Gasteiger partial charge in [-0.25, -0.2) is 0 Å². The van der Waals surface area contributed by atoms with Crippen LogP contribution < -0.4 is 0 Å². The minimum Gasteiger partial charge on any atom is -0.128 e. The Morgan fingerprint density at radius 3 is 2.50 bits per heavy atom. The maximum Gasteiger partial charge on any atom is 0.0739 e. The van der Waals surface area contributed by atoms with Crippen LogP contribution in [0.3, 0.4) is 0 Å². The molecule has 1 aliphatic carbocycles. The highest BCUT2D eigenvalue weighted by Gasteiger charge is 2.33. The Balaban J connectivity index is 2.52. The van der Waals surface area contributed by atoms with Gasteiger partial charge >= 0.3 is 0 Å². The second-order valence-corrected chi connectivity index (χ2v) is 7.30. The highest BCUT2D eigenvalue weighted by atomic mass is 79.9. The fourth-order valence-corrected chi connectivity index (χ4v) is 4.05. The molecule has 1 heterocycles. The molecule has 2 rings (SSSR count). The molecule has 1 aliphatic rings. The number of rotatable bonds is 1. The van der Waals surface area contributed by atoms with Crippen LogP contribution >= 0.6 is 27.3 Å². The van der Waals surface area contributed by atoms with Gasteiger partial charge in [0.1, 0.15) is 0 Å². The quantitative estimate of drug-likeness (QED) is 0.696. The van der Waals surface area contributed by atoms with E-state index >= 15 is 0 Å². The monoisotopic (exact) mass is 270 g/mol. The highest BCUT2D eigenvalue weighted by molar-refractivity contribution is 9.11. The van der Waals surface area contributed by atoms with Crippen molar-refractivity contribution in [3.63, 3.8) is 0 Å². The maximum atomic E-state index is 4.05. The molecule has 1 aromatic heterocycles. The summed E-state index contributed by atoms with van der Waals surface area (Å²) in [6.07, 6.45) is 2.40. The fraction of sp³-hybridized carbons (Fsp3) is 0.500. The van der Waals surface area contributed by atoms with Crippen LogP contribution in [0, 0.1) is 5.41 Å². The van der Waals surface area contributed by atoms with Gasteiger partial charge in [-0.1, -0.05) is 20.4 Å². The summed E-state index contributed by atoms with van der Waals surface area (Å²) in [6.45, 7) is 10.8. The van der Waals surface area contributed by atoms with Crippen LogP contribution in [0.1, 0.15) is 36.8 Å². The third-order valence-electron chi connectivity index (χ3n) is 2.77. The predicted molar refractivity (Wildman–Crippen MR) is 67.9 cm³/mol. The van der Waals surface area contributed by atoms with E-state index in [1.54, 1.807) is 5.56 Å². The Kier molecular flexibility index (Phi) is 2.39. The van der Waals surface area contributed by atoms with Crippen LogP contribution in [0.15, 0.2) is 10.4 Å². The first kappa shape index (κ1) is 10.4. The van der Waals surface area contributed by atoms with Gasteiger partial charge in [-0.2, -0.15) is 0 Å². The Hall–Kier alpha value is -0.0800. The van der Waals surface area contributed by atoms with Gasteiger partial charge in [-0.15, -0.1) is 11.3 Å². The molecule has 1 aromatic rings. The zero-order valence-corrected chi connectivity index (χ0v) is 11.3. The van der Waals surface area contributed by atoms with Gasteiger partial charge in [0.05, 0.1) is 3.79 Å². The summed E-state index contributed by atoms with van der Waals surface area (Å²) in [5.41, 5.74) is 4.71. The van der Waals surface area contributed by atoms with Gasteiger partial charge in [0.2, 0.25) is 0 Å². The van der Waals surface area contributed by atoms with Crippen molar-refractivity contribution in [3.8, 4) is 0 Å². The van der Waals surface area contributed by atoms with Crippen molar-refractivity contribution >= 4 is 32.8 Å². The lowest BCUT2D eigenvalue weighted by atomic mass is 9.90. The van der Waals surface area contributed by atoms with Crippen molar-refractivity contribution in [2.75, 3.05) is 0 Å². The normalized spacial score (nSPS) is 18.3. The second-order valence-electron chi connectivity index (χ2n) is 4.96. The van der Waals surface area contributed by atoms with Gasteiger partial charge in [-0.3, -0.25) is 0 Å². The van der Waals surface area contributed by atoms with Crippen LogP contribution in [-0.4, -0.2) is 0 Å². The van der Waals surface area contributed by atoms with Crippen LogP contribution in [0.5, 0.6) is 0 Å². The molecule has 0 radical (unpaired) electrons. The average molecular weight is 271 g/mol. The fourth-order valence-electron chi connectivity index (χ4n) is 2.20. The predicted octanol–water partition coefficient (Wildman–Crippen LogP) is 4.67. The number of halogens is 1. The Labute approximate surface area is 98.2 Å². The van der Waals surface area contributed by atoms with E-state index in [0.717, 1.165) is 0 Å². The molecule has 0 unspecified atom stereocenters. The summed E-state index contributed by atoms with van der Waals surface area (Å²) in [5, 5.41) is 0. The molecule has 0 spiro atoms. The molecule has 0 N–H and O–H groups in total. The van der Waals surface area contributed by atoms with E-state index in [1.165, 1.54) is 32.6 Å². The number of thiophene rings is 1. The van der Waals surface area contributed by atoms with E-state index < -0.39 is 0 Å². The molecule has 0 amide bonds. The van der Waals surface area contributed by atoms with E-state index in [9.17, 15) is 0 Å². The SMILES string of the molecule is C=C(C)c1sc(Br)c2c1CC(C)(C)C2. The number of fused-ring (bicyclic) bond motifs is 1. The van der Waals surface area contributed by atoms with Crippen molar-refractivity contribution in [1.29, 1.82) is 0 Å². The topological polar surface area (TPSA) is 0 Å². The minimum absolute atomic E-state index is 0.436. The first-order chi connectivity index (χ1) is 6.41. The molecular weight excluding hydrogens is 256 g/mol. The summed E-state index contributed by atoms with van der Waals surface area (Å²) in [5.74, 6) is 0. The number of allylic oxidation sites excluding steroid dienone is 1. The lowest BCUT2D eigenvalue weighted by Gasteiger charge is -2.16. The summed E-state index contributed by atoms with van der Waals surface area (Å²) in [4.78, 5) is 1.40. The summed E-state index contributed by atoms with van der Waals surface area (Å²) < 4.78 is 1.32. The molecule has 0 atom stereocenters. The Morgan fingerprint density at radius 2 is 1.93 bits per heavy atom. The second kappa shape index (κ2) is 3.21. The van der Waals surface area contributed by atoms with E-state index in [-0.39, 0.29) is 0 Å². The molecule has 0 fully saturated rings. The average Bonchev–Trinajstić information content (AvgIpc) is 2.47. The maximum absolute atomic E-state index is 4.05. The molecule has 0 aliphatic heterocycles. The third-order valence-corrected chi connectivity index (χ3v) is 4.95. The van der Waals surface area contributed by atoms with Gasteiger partial charge < -0.3 is 0 Å². The van der Waals surface area contributed by atoms with E-state index in [1.807, 2.05) is 11.3 Å². The van der Waals surface area contributed by atoms with Gasteiger partial charge in [-0.05, 0) is 57.8 Å². The molecule has 2 heteroatoms. The molecule has 0 nitrogen and oxygen atoms in total. The van der Waals surface area contributed by atoms with Gasteiger partial charge in [0.25, 0.3) is 0 Å². The summed E-state index contributed by atoms with van der Waals surface area (Å²) in [6, 6.07) is 0. The summed E-state index contributed by atoms with van der Waals surface area (Å²) in [7, 11) is 0. The molecular formula is C12H15BrS. The van der Waals surface area contributed by atoms with Crippen molar-refractivity contribution in [2.45, 2.75) is 33.6 Å². The molecule has 76 valence electrons. The lowest BCUT2D eigenvalue weighted by molar-refractivity contribution is 0.392. The Morgan fingerprint density at radius 1 is 1.36 bits per heavy atom. The van der Waals surface area contributed by atoms with Crippen LogP contribution in [0.2, 0.25) is 0 Å². The van der Waals surface area contributed by atoms with Crippen molar-refractivity contribution in [1.82, 2.24) is 0 Å². The minimum atomic E-state index is 0.436. The standard InChI is InChI=1S/C12H15BrS/c1-7(2)10-8-5-12(3,4)6-9(8)11(13)14-10/h1,5-6H2,2-4H3. The number of hydrogen-bond acceptors (Lipinski definition) is 1. The molecule has 0 bridgehead atoms. The largest absolute Gasteiger partial charge is 0.128 e. The van der Waals surface area contributed by atoms with E-state index in [0.29, 0.717) is 5.41 Å². The van der Waals surface area contributed by atoms with Crippen molar-refractivity contribution < 1.29 is 0 Å². The van der Waals surface area contributed by atoms with Gasteiger partial charge in [0.15, 0.2) is 0 Å². The smallest absolute Gasteiger partial charge is 0.0739 e. The van der Waals surface area contributed by atoms with Crippen molar-refractivity contribution in [3.05, 3.63) is 26.4 Å². The zero-order chi connectivity index (χ0) is 10.5. The third kappa shape index (κ3) is 1.59. The molecule has 0 saturated carbocycles. The van der Waals surface area contributed by atoms with Crippen LogP contribution in [-0.2, 0) is 12.8 Å². The van der Waals surface area contributed by atoms with Crippen molar-refractivity contribution in [2.24, 2.45) is 5.41 Å². The van der Waals surface area contributed by atoms with Gasteiger partial charge in [0, 0.05) is 4.88 Å². The molecule has 0 aromatic carbocycles. The number of hydrogen-bond donors (Lipinski definition) is 0. The zero-order valence-electron chi connectivity index (χ0n) is 8.91. The summed E-state index contributed by atoms with van der Waals surface area (Å²) >= 11 is 5.51. The Bertz CT molecular complexity index is 399.